The van der Waals surface area contributed by atoms with Gasteiger partial charge >= 0.3 is 0 Å². The van der Waals surface area contributed by atoms with Crippen LogP contribution in [-0.4, -0.2) is 106 Å². The van der Waals surface area contributed by atoms with Crippen LogP contribution in [0.2, 0.25) is 10.0 Å². The minimum atomic E-state index is -4.41. The van der Waals surface area contributed by atoms with Gasteiger partial charge < -0.3 is 19.1 Å². The number of ether oxygens (including phenoxy) is 3. The normalized spacial score (nSPS) is 20.6. The number of amides is 1. The first-order valence-electron chi connectivity index (χ1n) is 21.5. The Morgan fingerprint density at radius 1 is 0.984 bits per heavy atom. The van der Waals surface area contributed by atoms with E-state index in [2.05, 4.69) is 55.4 Å². The minimum Gasteiger partial charge on any atom is -0.474 e. The van der Waals surface area contributed by atoms with Crippen LogP contribution in [0.4, 0.5) is 11.4 Å². The van der Waals surface area contributed by atoms with E-state index in [0.717, 1.165) is 87.5 Å². The summed E-state index contributed by atoms with van der Waals surface area (Å²) in [6, 6.07) is 21.0. The maximum Gasteiger partial charge on any atom is 0.268 e. The molecule has 326 valence electrons. The molecule has 1 N–H and O–H groups in total. The number of para-hydroxylation sites is 1. The highest BCUT2D eigenvalue weighted by molar-refractivity contribution is 7.90. The number of hydrogen-bond acceptors (Lipinski definition) is 11. The number of fused-ring (bicyclic) bond motifs is 1. The van der Waals surface area contributed by atoms with E-state index in [1.54, 1.807) is 12.1 Å². The van der Waals surface area contributed by atoms with Crippen LogP contribution >= 0.6 is 23.2 Å². The first kappa shape index (κ1) is 42.8. The van der Waals surface area contributed by atoms with Crippen molar-refractivity contribution in [2.75, 3.05) is 63.9 Å². The maximum atomic E-state index is 14.0. The number of aliphatic imine (C=N–C) groups is 1. The number of piperazine rings is 1. The van der Waals surface area contributed by atoms with Gasteiger partial charge in [0, 0.05) is 81.3 Å². The van der Waals surface area contributed by atoms with Gasteiger partial charge in [-0.05, 0) is 90.6 Å². The topological polar surface area (TPSA) is 126 Å². The molecule has 3 aliphatic heterocycles. The van der Waals surface area contributed by atoms with Gasteiger partial charge in [0.2, 0.25) is 5.88 Å². The second kappa shape index (κ2) is 17.9. The number of carbonyl (C=O) groups is 1. The number of sulfonamides is 1. The summed E-state index contributed by atoms with van der Waals surface area (Å²) < 4.78 is 47.8. The summed E-state index contributed by atoms with van der Waals surface area (Å²) in [6.45, 7) is 11.4. The fourth-order valence-corrected chi connectivity index (χ4v) is 10.2. The summed E-state index contributed by atoms with van der Waals surface area (Å²) in [5.74, 6) is -0.0900. The van der Waals surface area contributed by atoms with Crippen LogP contribution in [0, 0.1) is 5.41 Å². The van der Waals surface area contributed by atoms with Gasteiger partial charge in [-0.1, -0.05) is 66.9 Å². The van der Waals surface area contributed by atoms with Crippen molar-refractivity contribution in [3.05, 3.63) is 105 Å². The molecule has 5 aliphatic rings. The number of nitrogens with zero attached hydrogens (tertiary/aromatic N) is 5. The highest BCUT2D eigenvalue weighted by Gasteiger charge is 2.34. The lowest BCUT2D eigenvalue weighted by Crippen LogP contribution is -2.47. The molecule has 4 heterocycles. The third-order valence-electron chi connectivity index (χ3n) is 12.5. The number of halogens is 2. The lowest BCUT2D eigenvalue weighted by atomic mass is 9.72. The molecule has 3 aromatic carbocycles. The molecular formula is C47H52Cl2N6O6S. The van der Waals surface area contributed by atoms with Crippen molar-refractivity contribution in [1.82, 2.24) is 19.5 Å². The van der Waals surface area contributed by atoms with Crippen molar-refractivity contribution in [1.29, 1.82) is 0 Å². The fraction of sp³-hybridized carbons (Fsp3) is 0.426. The second-order valence-electron chi connectivity index (χ2n) is 17.7. The molecule has 4 aromatic rings. The number of pyridine rings is 1. The van der Waals surface area contributed by atoms with E-state index >= 15 is 0 Å². The Morgan fingerprint density at radius 2 is 1.79 bits per heavy atom. The summed E-state index contributed by atoms with van der Waals surface area (Å²) in [7, 11) is -4.41. The average molecular weight is 900 g/mol. The molecule has 1 aromatic heterocycles. The quantitative estimate of drug-likeness (QED) is 0.140. The van der Waals surface area contributed by atoms with E-state index in [0.29, 0.717) is 30.5 Å². The van der Waals surface area contributed by atoms with Gasteiger partial charge in [0.1, 0.15) is 34.1 Å². The zero-order chi connectivity index (χ0) is 43.0. The van der Waals surface area contributed by atoms with Crippen LogP contribution in [-0.2, 0) is 21.2 Å². The Kier molecular flexibility index (Phi) is 12.4. The molecule has 62 heavy (non-hydrogen) atoms. The van der Waals surface area contributed by atoms with E-state index in [9.17, 15) is 13.2 Å². The van der Waals surface area contributed by atoms with Gasteiger partial charge in [-0.15, -0.1) is 0 Å². The van der Waals surface area contributed by atoms with Crippen LogP contribution < -0.4 is 19.1 Å². The second-order valence-corrected chi connectivity index (χ2v) is 20.2. The monoisotopic (exact) mass is 898 g/mol. The standard InChI is InChI=1S/C47H52Cl2N6O6S/c1-47(2)16-14-33(40(26-47)31-6-8-34(48)9-7-31)28-53-18-20-54(21-19-53)36-12-13-39(43(24-36)61-42-5-3-4-32-15-17-50-44(32)42)45(56)52-62(57,58)38-25-41(49)46(51-27-38)60-30-37-29-55(22-23-59-37)35-10-11-35/h3-9,12-13,17,24-25,27,35,37H,10-11,14-16,18-23,26,28-30H2,1-2H3,(H,52,56)/t37-/m0/s1. The first-order valence-corrected chi connectivity index (χ1v) is 23.7. The molecule has 1 saturated carbocycles. The summed E-state index contributed by atoms with van der Waals surface area (Å²) >= 11 is 12.7. The van der Waals surface area contributed by atoms with Crippen molar-refractivity contribution < 1.29 is 27.4 Å². The summed E-state index contributed by atoms with van der Waals surface area (Å²) in [5, 5.41) is 0.746. The number of morpholine rings is 1. The van der Waals surface area contributed by atoms with Crippen molar-refractivity contribution in [3.8, 4) is 17.4 Å². The molecule has 12 nitrogen and oxygen atoms in total. The summed E-state index contributed by atoms with van der Waals surface area (Å²) in [6.07, 6.45) is 9.15. The number of rotatable bonds is 13. The molecule has 9 rings (SSSR count). The molecule has 3 fully saturated rings. The Bertz CT molecular complexity index is 2500. The lowest BCUT2D eigenvalue weighted by molar-refractivity contribution is -0.0510. The van der Waals surface area contributed by atoms with E-state index in [1.165, 1.54) is 35.6 Å². The molecule has 0 bridgehead atoms. The van der Waals surface area contributed by atoms with Crippen LogP contribution in [0.1, 0.15) is 67.4 Å². The number of anilines is 1. The fourth-order valence-electron chi connectivity index (χ4n) is 8.88. The Balaban J connectivity index is 0.899. The van der Waals surface area contributed by atoms with E-state index in [4.69, 9.17) is 37.4 Å². The summed E-state index contributed by atoms with van der Waals surface area (Å²) in [4.78, 5) is 29.6. The van der Waals surface area contributed by atoms with Gasteiger partial charge in [0.05, 0.1) is 18.4 Å². The third kappa shape index (κ3) is 9.83. The minimum absolute atomic E-state index is 0.00329. The van der Waals surface area contributed by atoms with Crippen LogP contribution in [0.15, 0.2) is 88.4 Å². The van der Waals surface area contributed by atoms with Crippen molar-refractivity contribution >= 4 is 62.3 Å². The molecule has 1 amide bonds. The Morgan fingerprint density at radius 3 is 2.56 bits per heavy atom. The highest BCUT2D eigenvalue weighted by atomic mass is 35.5. The van der Waals surface area contributed by atoms with Crippen LogP contribution in [0.25, 0.3) is 5.57 Å². The van der Waals surface area contributed by atoms with E-state index in [1.807, 2.05) is 42.6 Å². The van der Waals surface area contributed by atoms with Gasteiger partial charge in [0.15, 0.2) is 5.75 Å². The predicted octanol–water partition coefficient (Wildman–Crippen LogP) is 8.59. The van der Waals surface area contributed by atoms with E-state index < -0.39 is 15.9 Å². The number of carbonyl (C=O) groups excluding carboxylic acids is 1. The van der Waals surface area contributed by atoms with Crippen molar-refractivity contribution in [3.63, 3.8) is 0 Å². The number of allylic oxidation sites excluding steroid dienone is 1. The molecule has 2 saturated heterocycles. The Labute approximate surface area is 373 Å². The van der Waals surface area contributed by atoms with Gasteiger partial charge in [0.25, 0.3) is 15.9 Å². The number of aromatic nitrogens is 1. The van der Waals surface area contributed by atoms with E-state index in [-0.39, 0.29) is 45.2 Å². The number of hydrogen-bond donors (Lipinski definition) is 1. The lowest BCUT2D eigenvalue weighted by Gasteiger charge is -2.39. The largest absolute Gasteiger partial charge is 0.474 e. The zero-order valence-electron chi connectivity index (χ0n) is 35.1. The molecule has 15 heteroatoms. The van der Waals surface area contributed by atoms with Crippen LogP contribution in [0.3, 0.4) is 0 Å². The highest BCUT2D eigenvalue weighted by Crippen LogP contribution is 2.44. The molecule has 0 unspecified atom stereocenters. The van der Waals surface area contributed by atoms with Crippen molar-refractivity contribution in [2.45, 2.75) is 69.4 Å². The smallest absolute Gasteiger partial charge is 0.268 e. The summed E-state index contributed by atoms with van der Waals surface area (Å²) in [5.41, 5.74) is 7.01. The maximum absolute atomic E-state index is 14.0. The van der Waals surface area contributed by atoms with Crippen LogP contribution in [0.5, 0.6) is 17.4 Å². The average Bonchev–Trinajstić information content (AvgIpc) is 4.00. The number of benzene rings is 3. The molecule has 1 atom stereocenters. The predicted molar refractivity (Wildman–Crippen MR) is 243 cm³/mol. The third-order valence-corrected chi connectivity index (χ3v) is 14.4. The first-order chi connectivity index (χ1) is 29.9. The molecule has 0 radical (unpaired) electrons. The number of nitrogens with one attached hydrogen (secondary N) is 1. The van der Waals surface area contributed by atoms with Gasteiger partial charge in [-0.3, -0.25) is 19.6 Å². The Hall–Kier alpha value is -4.50. The van der Waals surface area contributed by atoms with Gasteiger partial charge in [-0.25, -0.2) is 18.1 Å². The van der Waals surface area contributed by atoms with Crippen molar-refractivity contribution in [2.24, 2.45) is 10.4 Å². The SMILES string of the molecule is CC1(C)CCC(CN2CCN(c3ccc(C(=O)NS(=O)(=O)c4cnc(OC[C@@H]5CN(C6CC6)CCO5)c(Cl)c4)c(Oc4cccc5c4N=CC5)c3)CC2)=C(c2ccc(Cl)cc2)C1. The molecular weight excluding hydrogens is 848 g/mol. The molecule has 0 spiro atoms. The zero-order valence-corrected chi connectivity index (χ0v) is 37.4. The van der Waals surface area contributed by atoms with Gasteiger partial charge in [-0.2, -0.15) is 0 Å². The molecule has 2 aliphatic carbocycles.